The molecule has 0 spiro atoms. The molecule has 0 fully saturated rings. The molecule has 0 heterocycles. The zero-order chi connectivity index (χ0) is 7.28. The molecule has 0 radical (unpaired) electrons. The molecule has 9 heavy (non-hydrogen) atoms. The Morgan fingerprint density at radius 3 is 2.22 bits per heavy atom. The van der Waals surface area contributed by atoms with Crippen LogP contribution in [0.2, 0.25) is 0 Å². The Balaban J connectivity index is 4.27. The van der Waals surface area contributed by atoms with Gasteiger partial charge < -0.3 is 5.41 Å². The molecule has 1 nitrogen and oxygen atoms in total. The van der Waals surface area contributed by atoms with Gasteiger partial charge in [-0.1, -0.05) is 28.7 Å². The summed E-state index contributed by atoms with van der Waals surface area (Å²) in [5.74, 6) is 0. The van der Waals surface area contributed by atoms with E-state index in [0.717, 1.165) is 11.1 Å². The highest BCUT2D eigenvalue weighted by Crippen LogP contribution is 2.02. The van der Waals surface area contributed by atoms with Crippen LogP contribution < -0.4 is 0 Å². The largest absolute Gasteiger partial charge is 0.308 e. The third-order valence-corrected chi connectivity index (χ3v) is 1.51. The molecule has 1 N–H and O–H groups in total. The van der Waals surface area contributed by atoms with Gasteiger partial charge in [-0.2, -0.15) is 0 Å². The molecule has 0 amide bonds. The van der Waals surface area contributed by atoms with E-state index in [9.17, 15) is 0 Å². The van der Waals surface area contributed by atoms with Gasteiger partial charge in [0, 0.05) is 6.21 Å². The molecular weight excluding hydrogens is 225 g/mol. The Morgan fingerprint density at radius 2 is 1.89 bits per heavy atom. The van der Waals surface area contributed by atoms with Crippen LogP contribution in [-0.2, 0) is 0 Å². The molecular formula is C7H10IN. The summed E-state index contributed by atoms with van der Waals surface area (Å²) in [5.41, 5.74) is 2.17. The Morgan fingerprint density at radius 1 is 1.33 bits per heavy atom. The van der Waals surface area contributed by atoms with Gasteiger partial charge in [-0.05, 0) is 29.1 Å². The number of allylic oxidation sites excluding steroid dienone is 3. The van der Waals surface area contributed by atoms with Crippen molar-refractivity contribution in [3.8, 4) is 0 Å². The molecule has 0 atom stereocenters. The van der Waals surface area contributed by atoms with Crippen molar-refractivity contribution in [2.75, 3.05) is 0 Å². The average Bonchev–Trinajstić information content (AvgIpc) is 1.87. The molecule has 0 rings (SSSR count). The van der Waals surface area contributed by atoms with Gasteiger partial charge in [0.2, 0.25) is 0 Å². The van der Waals surface area contributed by atoms with Gasteiger partial charge in [0.25, 0.3) is 0 Å². The average molecular weight is 235 g/mol. The molecule has 0 saturated carbocycles. The zero-order valence-corrected chi connectivity index (χ0v) is 7.77. The van der Waals surface area contributed by atoms with Crippen LogP contribution in [0.25, 0.3) is 0 Å². The highest BCUT2D eigenvalue weighted by atomic mass is 127. The summed E-state index contributed by atoms with van der Waals surface area (Å²) in [6.45, 7) is 3.93. The topological polar surface area (TPSA) is 23.9 Å². The summed E-state index contributed by atoms with van der Waals surface area (Å²) in [4.78, 5) is 0. The van der Waals surface area contributed by atoms with Gasteiger partial charge in [0.05, 0.1) is 0 Å². The number of halogens is 1. The standard InChI is InChI=1S/C7H10IN/c1-6(3-4-8)7(2)5-9/h3-5,9H,1-2H3/b4-3-,7-6-,9-5?. The van der Waals surface area contributed by atoms with Crippen molar-refractivity contribution in [3.63, 3.8) is 0 Å². The van der Waals surface area contributed by atoms with E-state index in [1.54, 1.807) is 0 Å². The van der Waals surface area contributed by atoms with E-state index in [4.69, 9.17) is 5.41 Å². The Hall–Kier alpha value is -0.120. The summed E-state index contributed by atoms with van der Waals surface area (Å²) in [6.07, 6.45) is 3.35. The molecule has 2 heteroatoms. The maximum Gasteiger partial charge on any atom is 0.0209 e. The molecule has 0 aliphatic carbocycles. The fraction of sp³-hybridized carbons (Fsp3) is 0.286. The third-order valence-electron chi connectivity index (χ3n) is 1.15. The molecule has 0 aliphatic heterocycles. The first-order valence-corrected chi connectivity index (χ1v) is 3.91. The lowest BCUT2D eigenvalue weighted by molar-refractivity contribution is 1.40. The molecule has 0 aromatic carbocycles. The van der Waals surface area contributed by atoms with E-state index in [-0.39, 0.29) is 0 Å². The third kappa shape index (κ3) is 3.46. The summed E-state index contributed by atoms with van der Waals surface area (Å²) < 4.78 is 1.94. The van der Waals surface area contributed by atoms with E-state index < -0.39 is 0 Å². The lowest BCUT2D eigenvalue weighted by Gasteiger charge is -1.92. The molecule has 0 aromatic heterocycles. The predicted molar refractivity (Wildman–Crippen MR) is 50.3 cm³/mol. The molecule has 0 aliphatic rings. The smallest absolute Gasteiger partial charge is 0.0209 e. The quantitative estimate of drug-likeness (QED) is 0.432. The van der Waals surface area contributed by atoms with E-state index in [1.807, 2.05) is 24.0 Å². The summed E-state index contributed by atoms with van der Waals surface area (Å²) in [7, 11) is 0. The predicted octanol–water partition coefficient (Wildman–Crippen LogP) is 2.92. The van der Waals surface area contributed by atoms with Gasteiger partial charge in [0.15, 0.2) is 0 Å². The SMILES string of the molecule is C/C(C=N)=C(C)/C=C\I. The number of hydrogen-bond acceptors (Lipinski definition) is 1. The second-order valence-electron chi connectivity index (χ2n) is 1.80. The van der Waals surface area contributed by atoms with Crippen LogP contribution in [-0.4, -0.2) is 6.21 Å². The van der Waals surface area contributed by atoms with Crippen molar-refractivity contribution in [2.24, 2.45) is 0 Å². The summed E-state index contributed by atoms with van der Waals surface area (Å²) in [5, 5.41) is 6.90. The van der Waals surface area contributed by atoms with Gasteiger partial charge in [0.1, 0.15) is 0 Å². The van der Waals surface area contributed by atoms with Crippen LogP contribution in [0.1, 0.15) is 13.8 Å². The van der Waals surface area contributed by atoms with Gasteiger partial charge in [-0.3, -0.25) is 0 Å². The van der Waals surface area contributed by atoms with E-state index >= 15 is 0 Å². The Kier molecular flexibility index (Phi) is 4.67. The minimum Gasteiger partial charge on any atom is -0.308 e. The lowest BCUT2D eigenvalue weighted by Crippen LogP contribution is -1.79. The van der Waals surface area contributed by atoms with E-state index in [2.05, 4.69) is 22.6 Å². The molecule has 0 unspecified atom stereocenters. The molecule has 0 bridgehead atoms. The minimum atomic E-state index is 1.02. The number of rotatable bonds is 2. The maximum atomic E-state index is 6.90. The first kappa shape index (κ1) is 8.88. The van der Waals surface area contributed by atoms with Gasteiger partial charge in [-0.25, -0.2) is 0 Å². The van der Waals surface area contributed by atoms with Gasteiger partial charge in [-0.15, -0.1) is 0 Å². The van der Waals surface area contributed by atoms with Crippen LogP contribution in [0.5, 0.6) is 0 Å². The Bertz CT molecular complexity index is 156. The second-order valence-corrected chi connectivity index (χ2v) is 2.52. The van der Waals surface area contributed by atoms with Crippen molar-refractivity contribution < 1.29 is 0 Å². The second kappa shape index (κ2) is 4.73. The maximum absolute atomic E-state index is 6.90. The molecule has 0 saturated heterocycles. The first-order valence-electron chi connectivity index (χ1n) is 2.67. The summed E-state index contributed by atoms with van der Waals surface area (Å²) in [6, 6.07) is 0. The zero-order valence-electron chi connectivity index (χ0n) is 5.61. The fourth-order valence-electron chi connectivity index (χ4n) is 0.340. The normalized spacial score (nSPS) is 13.7. The lowest BCUT2D eigenvalue weighted by atomic mass is 10.2. The van der Waals surface area contributed by atoms with Crippen LogP contribution in [0, 0.1) is 5.41 Å². The molecule has 50 valence electrons. The van der Waals surface area contributed by atoms with Crippen molar-refractivity contribution in [1.29, 1.82) is 5.41 Å². The number of nitrogens with one attached hydrogen (secondary N) is 1. The fourth-order valence-corrected chi connectivity index (χ4v) is 0.879. The van der Waals surface area contributed by atoms with E-state index in [1.165, 1.54) is 6.21 Å². The van der Waals surface area contributed by atoms with E-state index in [0.29, 0.717) is 0 Å². The van der Waals surface area contributed by atoms with Gasteiger partial charge >= 0.3 is 0 Å². The Labute approximate surface area is 69.5 Å². The highest BCUT2D eigenvalue weighted by molar-refractivity contribution is 14.1. The minimum absolute atomic E-state index is 1.02. The van der Waals surface area contributed by atoms with Crippen LogP contribution in [0.3, 0.4) is 0 Å². The molecule has 0 aromatic rings. The number of hydrogen-bond donors (Lipinski definition) is 1. The van der Waals surface area contributed by atoms with Crippen molar-refractivity contribution in [3.05, 3.63) is 21.3 Å². The summed E-state index contributed by atoms with van der Waals surface area (Å²) >= 11 is 2.16. The first-order chi connectivity index (χ1) is 4.22. The van der Waals surface area contributed by atoms with Crippen LogP contribution in [0.4, 0.5) is 0 Å². The van der Waals surface area contributed by atoms with Crippen LogP contribution in [0.15, 0.2) is 21.3 Å². The monoisotopic (exact) mass is 235 g/mol. The van der Waals surface area contributed by atoms with Crippen molar-refractivity contribution in [2.45, 2.75) is 13.8 Å². The van der Waals surface area contributed by atoms with Crippen molar-refractivity contribution >= 4 is 28.8 Å². The van der Waals surface area contributed by atoms with Crippen LogP contribution >= 0.6 is 22.6 Å². The van der Waals surface area contributed by atoms with Crippen molar-refractivity contribution in [1.82, 2.24) is 0 Å². The highest BCUT2D eigenvalue weighted by Gasteiger charge is 1.85.